The standard InChI is InChI=1S/C17H16ClIN2O2S/c1-2-11-3-6-13(7-4-11)23-10-16(22)21-17(24)20-15-8-5-12(19)9-14(15)18/h3-9H,2,10H2,1H3,(H2,20,21,22,24). The zero-order valence-corrected chi connectivity index (χ0v) is 16.7. The summed E-state index contributed by atoms with van der Waals surface area (Å²) in [5, 5.41) is 6.16. The van der Waals surface area contributed by atoms with E-state index >= 15 is 0 Å². The molecule has 0 spiro atoms. The van der Waals surface area contributed by atoms with Crippen molar-refractivity contribution in [2.24, 2.45) is 0 Å². The first-order valence-electron chi connectivity index (χ1n) is 7.25. The van der Waals surface area contributed by atoms with E-state index in [9.17, 15) is 4.79 Å². The van der Waals surface area contributed by atoms with Crippen LogP contribution in [-0.4, -0.2) is 17.6 Å². The second-order valence-corrected chi connectivity index (χ2v) is 6.97. The lowest BCUT2D eigenvalue weighted by molar-refractivity contribution is -0.121. The number of amides is 1. The van der Waals surface area contributed by atoms with Gasteiger partial charge >= 0.3 is 0 Å². The molecule has 4 nitrogen and oxygen atoms in total. The van der Waals surface area contributed by atoms with Gasteiger partial charge in [-0.05, 0) is 77.1 Å². The van der Waals surface area contributed by atoms with E-state index in [0.717, 1.165) is 9.99 Å². The molecule has 2 N–H and O–H groups in total. The van der Waals surface area contributed by atoms with E-state index in [4.69, 9.17) is 28.6 Å². The number of thiocarbonyl (C=S) groups is 1. The second kappa shape index (κ2) is 9.19. The largest absolute Gasteiger partial charge is 0.484 e. The molecule has 0 bridgehead atoms. The molecule has 0 aromatic heterocycles. The van der Waals surface area contributed by atoms with E-state index in [1.807, 2.05) is 30.3 Å². The molecule has 1 amide bonds. The Morgan fingerprint density at radius 2 is 1.96 bits per heavy atom. The molecule has 7 heteroatoms. The summed E-state index contributed by atoms with van der Waals surface area (Å²) in [5.74, 6) is 0.301. The van der Waals surface area contributed by atoms with Gasteiger partial charge in [0.15, 0.2) is 11.7 Å². The van der Waals surface area contributed by atoms with Gasteiger partial charge in [-0.2, -0.15) is 0 Å². The molecule has 0 saturated heterocycles. The highest BCUT2D eigenvalue weighted by molar-refractivity contribution is 14.1. The van der Waals surface area contributed by atoms with Gasteiger partial charge in [0.25, 0.3) is 5.91 Å². The topological polar surface area (TPSA) is 50.4 Å². The third-order valence-corrected chi connectivity index (χ3v) is 4.32. The van der Waals surface area contributed by atoms with Crippen molar-refractivity contribution >= 4 is 63.1 Å². The van der Waals surface area contributed by atoms with Gasteiger partial charge in [0.1, 0.15) is 5.75 Å². The first-order valence-corrected chi connectivity index (χ1v) is 9.12. The summed E-state index contributed by atoms with van der Waals surface area (Å²) in [4.78, 5) is 11.9. The molecule has 0 heterocycles. The van der Waals surface area contributed by atoms with Gasteiger partial charge in [-0.1, -0.05) is 30.7 Å². The van der Waals surface area contributed by atoms with Gasteiger partial charge in [-0.3, -0.25) is 10.1 Å². The Kier molecular flexibility index (Phi) is 7.26. The molecule has 0 atom stereocenters. The van der Waals surface area contributed by atoms with Crippen molar-refractivity contribution in [1.82, 2.24) is 5.32 Å². The highest BCUT2D eigenvalue weighted by Crippen LogP contribution is 2.23. The highest BCUT2D eigenvalue weighted by atomic mass is 127. The van der Waals surface area contributed by atoms with Crippen molar-refractivity contribution < 1.29 is 9.53 Å². The number of ether oxygens (including phenoxy) is 1. The van der Waals surface area contributed by atoms with Gasteiger partial charge in [-0.25, -0.2) is 0 Å². The molecule has 0 saturated carbocycles. The number of carbonyl (C=O) groups excluding carboxylic acids is 1. The zero-order valence-electron chi connectivity index (χ0n) is 12.9. The highest BCUT2D eigenvalue weighted by Gasteiger charge is 2.08. The smallest absolute Gasteiger partial charge is 0.264 e. The number of hydrogen-bond acceptors (Lipinski definition) is 3. The van der Waals surface area contributed by atoms with Gasteiger partial charge in [-0.15, -0.1) is 0 Å². The Morgan fingerprint density at radius 3 is 2.58 bits per heavy atom. The fourth-order valence-corrected chi connectivity index (χ4v) is 3.00. The molecule has 0 aliphatic carbocycles. The van der Waals surface area contributed by atoms with E-state index in [1.165, 1.54) is 5.56 Å². The molecule has 2 aromatic carbocycles. The average molecular weight is 475 g/mol. The second-order valence-electron chi connectivity index (χ2n) is 4.91. The third-order valence-electron chi connectivity index (χ3n) is 3.13. The molecule has 2 aromatic rings. The van der Waals surface area contributed by atoms with E-state index in [-0.39, 0.29) is 17.6 Å². The number of anilines is 1. The van der Waals surface area contributed by atoms with E-state index in [1.54, 1.807) is 12.1 Å². The Balaban J connectivity index is 1.81. The lowest BCUT2D eigenvalue weighted by atomic mass is 10.2. The average Bonchev–Trinajstić information content (AvgIpc) is 2.56. The Bertz CT molecular complexity index is 738. The number of aryl methyl sites for hydroxylation is 1. The summed E-state index contributed by atoms with van der Waals surface area (Å²) in [6, 6.07) is 13.1. The Hall–Kier alpha value is -1.38. The summed E-state index contributed by atoms with van der Waals surface area (Å²) in [7, 11) is 0. The van der Waals surface area contributed by atoms with E-state index < -0.39 is 0 Å². The lowest BCUT2D eigenvalue weighted by Crippen LogP contribution is -2.37. The van der Waals surface area contributed by atoms with E-state index in [0.29, 0.717) is 16.5 Å². The zero-order chi connectivity index (χ0) is 17.5. The van der Waals surface area contributed by atoms with Crippen molar-refractivity contribution in [3.63, 3.8) is 0 Å². The quantitative estimate of drug-likeness (QED) is 0.498. The van der Waals surface area contributed by atoms with Crippen LogP contribution in [-0.2, 0) is 11.2 Å². The van der Waals surface area contributed by atoms with Crippen LogP contribution in [0.1, 0.15) is 12.5 Å². The van der Waals surface area contributed by atoms with Crippen LogP contribution in [0, 0.1) is 3.57 Å². The molecule has 2 rings (SSSR count). The molecule has 0 radical (unpaired) electrons. The van der Waals surface area contributed by atoms with Crippen LogP contribution in [0.25, 0.3) is 0 Å². The minimum absolute atomic E-state index is 0.117. The molecular formula is C17H16ClIN2O2S. The molecule has 0 aliphatic rings. The summed E-state index contributed by atoms with van der Waals surface area (Å²) in [5.41, 5.74) is 1.85. The number of hydrogen-bond donors (Lipinski definition) is 2. The maximum Gasteiger partial charge on any atom is 0.264 e. The Morgan fingerprint density at radius 1 is 1.25 bits per heavy atom. The van der Waals surface area contributed by atoms with Gasteiger partial charge in [0, 0.05) is 3.57 Å². The van der Waals surface area contributed by atoms with Crippen molar-refractivity contribution in [3.8, 4) is 5.75 Å². The van der Waals surface area contributed by atoms with Gasteiger partial charge in [0.2, 0.25) is 0 Å². The van der Waals surface area contributed by atoms with Crippen molar-refractivity contribution in [1.29, 1.82) is 0 Å². The summed E-state index contributed by atoms with van der Waals surface area (Å²) >= 11 is 13.4. The first kappa shape index (κ1) is 19.0. The fraction of sp³-hybridized carbons (Fsp3) is 0.176. The van der Waals surface area contributed by atoms with Crippen LogP contribution < -0.4 is 15.4 Å². The summed E-state index contributed by atoms with van der Waals surface area (Å²) < 4.78 is 6.45. The van der Waals surface area contributed by atoms with Crippen LogP contribution >= 0.6 is 46.4 Å². The number of carbonyl (C=O) groups is 1. The molecule has 0 aliphatic heterocycles. The molecule has 126 valence electrons. The number of halogens is 2. The lowest BCUT2D eigenvalue weighted by Gasteiger charge is -2.12. The van der Waals surface area contributed by atoms with Crippen molar-refractivity contribution in [2.75, 3.05) is 11.9 Å². The Labute approximate surface area is 165 Å². The third kappa shape index (κ3) is 5.92. The summed E-state index contributed by atoms with van der Waals surface area (Å²) in [6.07, 6.45) is 0.960. The van der Waals surface area contributed by atoms with Crippen molar-refractivity contribution in [2.45, 2.75) is 13.3 Å². The van der Waals surface area contributed by atoms with Crippen molar-refractivity contribution in [3.05, 3.63) is 56.6 Å². The predicted octanol–water partition coefficient (Wildman–Crippen LogP) is 4.40. The SMILES string of the molecule is CCc1ccc(OCC(=O)NC(=S)Nc2ccc(I)cc2Cl)cc1. The van der Waals surface area contributed by atoms with Gasteiger partial charge < -0.3 is 10.1 Å². The predicted molar refractivity (Wildman–Crippen MR) is 110 cm³/mol. The number of nitrogens with one attached hydrogen (secondary N) is 2. The molecule has 0 unspecified atom stereocenters. The number of benzene rings is 2. The van der Waals surface area contributed by atoms with Crippen LogP contribution in [0.15, 0.2) is 42.5 Å². The normalized spacial score (nSPS) is 10.1. The van der Waals surface area contributed by atoms with Crippen LogP contribution in [0.3, 0.4) is 0 Å². The minimum atomic E-state index is -0.339. The number of rotatable bonds is 5. The fourth-order valence-electron chi connectivity index (χ4n) is 1.88. The van der Waals surface area contributed by atoms with Crippen LogP contribution in [0.5, 0.6) is 5.75 Å². The maximum atomic E-state index is 11.9. The molecular weight excluding hydrogens is 459 g/mol. The first-order chi connectivity index (χ1) is 11.5. The van der Waals surface area contributed by atoms with Crippen LogP contribution in [0.4, 0.5) is 5.69 Å². The monoisotopic (exact) mass is 474 g/mol. The summed E-state index contributed by atoms with van der Waals surface area (Å²) in [6.45, 7) is 1.96. The molecule has 24 heavy (non-hydrogen) atoms. The van der Waals surface area contributed by atoms with Crippen LogP contribution in [0.2, 0.25) is 5.02 Å². The van der Waals surface area contributed by atoms with Gasteiger partial charge in [0.05, 0.1) is 10.7 Å². The van der Waals surface area contributed by atoms with E-state index in [2.05, 4.69) is 40.1 Å². The molecule has 0 fully saturated rings. The minimum Gasteiger partial charge on any atom is -0.484 e. The maximum absolute atomic E-state index is 11.9.